The maximum absolute atomic E-state index is 5.52. The van der Waals surface area contributed by atoms with Crippen LogP contribution in [0.4, 0.5) is 0 Å². The van der Waals surface area contributed by atoms with Gasteiger partial charge < -0.3 is 5.73 Å². The molecule has 0 aromatic carbocycles. The van der Waals surface area contributed by atoms with Gasteiger partial charge in [0.1, 0.15) is 0 Å². The summed E-state index contributed by atoms with van der Waals surface area (Å²) in [4.78, 5) is 0. The fourth-order valence-electron chi connectivity index (χ4n) is 0.918. The van der Waals surface area contributed by atoms with Crippen LogP contribution in [0.25, 0.3) is 0 Å². The largest absolute Gasteiger partial charge is 0.327 e. The Balaban J connectivity index is 4.11. The minimum atomic E-state index is 0.282. The number of allylic oxidation sites excluding steroid dienone is 1. The molecule has 0 aliphatic rings. The van der Waals surface area contributed by atoms with Crippen LogP contribution in [0.15, 0.2) is 11.6 Å². The summed E-state index contributed by atoms with van der Waals surface area (Å²) in [5, 5.41) is 0. The smallest absolute Gasteiger partial charge is 0.0136 e. The van der Waals surface area contributed by atoms with Gasteiger partial charge in [0, 0.05) is 6.54 Å². The molecule has 60 valence electrons. The second kappa shape index (κ2) is 3.77. The van der Waals surface area contributed by atoms with Gasteiger partial charge in [0.05, 0.1) is 0 Å². The van der Waals surface area contributed by atoms with Crippen molar-refractivity contribution in [1.82, 2.24) is 0 Å². The van der Waals surface area contributed by atoms with Gasteiger partial charge >= 0.3 is 0 Å². The van der Waals surface area contributed by atoms with Crippen LogP contribution in [-0.2, 0) is 0 Å². The van der Waals surface area contributed by atoms with Crippen molar-refractivity contribution in [2.75, 3.05) is 6.54 Å². The van der Waals surface area contributed by atoms with Crippen LogP contribution in [0.1, 0.15) is 34.1 Å². The van der Waals surface area contributed by atoms with Crippen molar-refractivity contribution in [3.8, 4) is 0 Å². The predicted octanol–water partition coefficient (Wildman–Crippen LogP) is 2.33. The van der Waals surface area contributed by atoms with E-state index in [9.17, 15) is 0 Å². The first-order valence-corrected chi connectivity index (χ1v) is 3.90. The zero-order valence-electron chi connectivity index (χ0n) is 7.57. The Morgan fingerprint density at radius 3 is 2.00 bits per heavy atom. The molecule has 2 N–H and O–H groups in total. The monoisotopic (exact) mass is 141 g/mol. The van der Waals surface area contributed by atoms with Gasteiger partial charge in [0.25, 0.3) is 0 Å². The lowest BCUT2D eigenvalue weighted by atomic mass is 9.93. The SMILES string of the molecule is CCC(=CC(C)(C)C)CN. The lowest BCUT2D eigenvalue weighted by molar-refractivity contribution is 0.537. The summed E-state index contributed by atoms with van der Waals surface area (Å²) in [5.74, 6) is 0. The van der Waals surface area contributed by atoms with Gasteiger partial charge in [0.15, 0.2) is 0 Å². The zero-order valence-corrected chi connectivity index (χ0v) is 7.57. The van der Waals surface area contributed by atoms with Crippen molar-refractivity contribution < 1.29 is 0 Å². The van der Waals surface area contributed by atoms with E-state index < -0.39 is 0 Å². The topological polar surface area (TPSA) is 26.0 Å². The Bertz CT molecular complexity index is 111. The Morgan fingerprint density at radius 2 is 1.90 bits per heavy atom. The molecule has 0 fully saturated rings. The van der Waals surface area contributed by atoms with Crippen molar-refractivity contribution in [3.63, 3.8) is 0 Å². The average Bonchev–Trinajstić information content (AvgIpc) is 1.81. The van der Waals surface area contributed by atoms with Gasteiger partial charge in [-0.1, -0.05) is 39.3 Å². The van der Waals surface area contributed by atoms with Crippen LogP contribution in [0.2, 0.25) is 0 Å². The van der Waals surface area contributed by atoms with E-state index in [4.69, 9.17) is 5.73 Å². The lowest BCUT2D eigenvalue weighted by Crippen LogP contribution is -2.08. The van der Waals surface area contributed by atoms with E-state index in [0.29, 0.717) is 6.54 Å². The highest BCUT2D eigenvalue weighted by Gasteiger charge is 2.05. The van der Waals surface area contributed by atoms with E-state index in [2.05, 4.69) is 33.8 Å². The van der Waals surface area contributed by atoms with Gasteiger partial charge in [-0.2, -0.15) is 0 Å². The molecule has 0 aliphatic heterocycles. The third-order valence-electron chi connectivity index (χ3n) is 1.35. The minimum absolute atomic E-state index is 0.282. The molecule has 0 amide bonds. The molecule has 1 nitrogen and oxygen atoms in total. The highest BCUT2D eigenvalue weighted by molar-refractivity contribution is 5.07. The van der Waals surface area contributed by atoms with Crippen LogP contribution < -0.4 is 5.73 Å². The first-order valence-electron chi connectivity index (χ1n) is 3.90. The molecule has 10 heavy (non-hydrogen) atoms. The number of hydrogen-bond donors (Lipinski definition) is 1. The molecule has 0 atom stereocenters. The number of nitrogens with two attached hydrogens (primary N) is 1. The van der Waals surface area contributed by atoms with Crippen molar-refractivity contribution in [1.29, 1.82) is 0 Å². The summed E-state index contributed by atoms with van der Waals surface area (Å²) >= 11 is 0. The summed E-state index contributed by atoms with van der Waals surface area (Å²) in [6.45, 7) is 9.42. The van der Waals surface area contributed by atoms with Crippen molar-refractivity contribution in [3.05, 3.63) is 11.6 Å². The van der Waals surface area contributed by atoms with Gasteiger partial charge in [-0.15, -0.1) is 0 Å². The molecule has 0 spiro atoms. The zero-order chi connectivity index (χ0) is 8.20. The fraction of sp³-hybridized carbons (Fsp3) is 0.778. The standard InChI is InChI=1S/C9H19N/c1-5-8(7-10)6-9(2,3)4/h6H,5,7,10H2,1-4H3. The van der Waals surface area contributed by atoms with Crippen molar-refractivity contribution in [2.45, 2.75) is 34.1 Å². The van der Waals surface area contributed by atoms with Crippen molar-refractivity contribution in [2.24, 2.45) is 11.1 Å². The fourth-order valence-corrected chi connectivity index (χ4v) is 0.918. The lowest BCUT2D eigenvalue weighted by Gasteiger charge is -2.14. The van der Waals surface area contributed by atoms with Crippen LogP contribution in [0, 0.1) is 5.41 Å². The van der Waals surface area contributed by atoms with E-state index in [1.54, 1.807) is 0 Å². The third kappa shape index (κ3) is 4.57. The Hall–Kier alpha value is -0.300. The molecule has 0 saturated heterocycles. The van der Waals surface area contributed by atoms with E-state index in [-0.39, 0.29) is 5.41 Å². The molecule has 0 aliphatic carbocycles. The highest BCUT2D eigenvalue weighted by Crippen LogP contribution is 2.18. The highest BCUT2D eigenvalue weighted by atomic mass is 14.5. The van der Waals surface area contributed by atoms with Crippen LogP contribution in [-0.4, -0.2) is 6.54 Å². The quantitative estimate of drug-likeness (QED) is 0.587. The average molecular weight is 141 g/mol. The molecule has 0 unspecified atom stereocenters. The molecule has 0 rings (SSSR count). The molecule has 0 aromatic heterocycles. The van der Waals surface area contributed by atoms with E-state index >= 15 is 0 Å². The normalized spacial score (nSPS) is 13.9. The number of rotatable bonds is 2. The van der Waals surface area contributed by atoms with Crippen LogP contribution in [0.5, 0.6) is 0 Å². The van der Waals surface area contributed by atoms with Crippen LogP contribution in [0.3, 0.4) is 0 Å². The first kappa shape index (κ1) is 9.70. The summed E-state index contributed by atoms with van der Waals surface area (Å²) < 4.78 is 0. The molecule has 0 bridgehead atoms. The summed E-state index contributed by atoms with van der Waals surface area (Å²) in [6, 6.07) is 0. The van der Waals surface area contributed by atoms with Crippen molar-refractivity contribution >= 4 is 0 Å². The first-order chi connectivity index (χ1) is 4.49. The maximum atomic E-state index is 5.52. The second-order valence-electron chi connectivity index (χ2n) is 3.73. The molecule has 0 radical (unpaired) electrons. The van der Waals surface area contributed by atoms with Gasteiger partial charge in [0.2, 0.25) is 0 Å². The molecule has 1 heteroatoms. The van der Waals surface area contributed by atoms with Gasteiger partial charge in [-0.05, 0) is 11.8 Å². The minimum Gasteiger partial charge on any atom is -0.327 e. The van der Waals surface area contributed by atoms with Crippen LogP contribution >= 0.6 is 0 Å². The molecular formula is C9H19N. The molecular weight excluding hydrogens is 122 g/mol. The summed E-state index contributed by atoms with van der Waals surface area (Å²) in [6.07, 6.45) is 3.33. The maximum Gasteiger partial charge on any atom is 0.0136 e. The summed E-state index contributed by atoms with van der Waals surface area (Å²) in [5.41, 5.74) is 7.16. The van der Waals surface area contributed by atoms with E-state index in [1.807, 2.05) is 0 Å². The van der Waals surface area contributed by atoms with Gasteiger partial charge in [-0.25, -0.2) is 0 Å². The molecule has 0 heterocycles. The Kier molecular flexibility index (Phi) is 3.66. The number of hydrogen-bond acceptors (Lipinski definition) is 1. The van der Waals surface area contributed by atoms with E-state index in [1.165, 1.54) is 5.57 Å². The Labute approximate surface area is 64.3 Å². The molecule has 0 aromatic rings. The predicted molar refractivity (Wildman–Crippen MR) is 46.9 cm³/mol. The summed E-state index contributed by atoms with van der Waals surface area (Å²) in [7, 11) is 0. The third-order valence-corrected chi connectivity index (χ3v) is 1.35. The second-order valence-corrected chi connectivity index (χ2v) is 3.73. The van der Waals surface area contributed by atoms with Gasteiger partial charge in [-0.3, -0.25) is 0 Å². The molecule has 0 saturated carbocycles. The Morgan fingerprint density at radius 1 is 1.40 bits per heavy atom. The van der Waals surface area contributed by atoms with E-state index in [0.717, 1.165) is 6.42 Å².